The van der Waals surface area contributed by atoms with E-state index in [1.54, 1.807) is 18.3 Å². The number of pyridine rings is 1. The van der Waals surface area contributed by atoms with Crippen LogP contribution in [0.2, 0.25) is 5.02 Å². The molecular formula is C15H24ClN5O. The first-order valence-electron chi connectivity index (χ1n) is 7.72. The van der Waals surface area contributed by atoms with E-state index in [4.69, 9.17) is 22.1 Å². The van der Waals surface area contributed by atoms with E-state index in [0.717, 1.165) is 13.1 Å². The van der Waals surface area contributed by atoms with Gasteiger partial charge in [0.05, 0.1) is 13.1 Å². The highest BCUT2D eigenvalue weighted by Crippen LogP contribution is 2.19. The second-order valence-corrected chi connectivity index (χ2v) is 5.62. The van der Waals surface area contributed by atoms with Gasteiger partial charge in [0.2, 0.25) is 5.88 Å². The van der Waals surface area contributed by atoms with Crippen LogP contribution in [0.1, 0.15) is 19.8 Å². The number of ether oxygens (including phenoxy) is 1. The minimum atomic E-state index is 0.428. The van der Waals surface area contributed by atoms with Gasteiger partial charge in [0.25, 0.3) is 0 Å². The van der Waals surface area contributed by atoms with Crippen LogP contribution in [0.5, 0.6) is 5.88 Å². The van der Waals surface area contributed by atoms with Crippen LogP contribution in [0.25, 0.3) is 0 Å². The van der Waals surface area contributed by atoms with Crippen molar-refractivity contribution in [2.45, 2.75) is 25.8 Å². The molecule has 22 heavy (non-hydrogen) atoms. The van der Waals surface area contributed by atoms with Gasteiger partial charge >= 0.3 is 0 Å². The summed E-state index contributed by atoms with van der Waals surface area (Å²) in [7, 11) is 0. The lowest BCUT2D eigenvalue weighted by molar-refractivity contribution is 0.273. The molecule has 0 spiro atoms. The smallest absolute Gasteiger partial charge is 0.232 e. The average molecular weight is 326 g/mol. The van der Waals surface area contributed by atoms with Crippen molar-refractivity contribution in [3.8, 4) is 5.88 Å². The van der Waals surface area contributed by atoms with Crippen molar-refractivity contribution in [1.82, 2.24) is 15.2 Å². The molecule has 1 aliphatic heterocycles. The van der Waals surface area contributed by atoms with Crippen molar-refractivity contribution in [3.05, 3.63) is 23.4 Å². The number of guanidine groups is 1. The SMILES string of the molecule is CCN1CCCC1CN=C(N)NCCOc1ncccc1Cl. The van der Waals surface area contributed by atoms with Crippen LogP contribution in [0, 0.1) is 0 Å². The Morgan fingerprint density at radius 2 is 2.50 bits per heavy atom. The predicted octanol–water partition coefficient (Wildman–Crippen LogP) is 1.50. The molecule has 2 rings (SSSR count). The molecule has 3 N–H and O–H groups in total. The summed E-state index contributed by atoms with van der Waals surface area (Å²) in [4.78, 5) is 10.9. The molecule has 0 bridgehead atoms. The van der Waals surface area contributed by atoms with Gasteiger partial charge in [-0.3, -0.25) is 9.89 Å². The third-order valence-electron chi connectivity index (χ3n) is 3.75. The Balaban J connectivity index is 1.66. The predicted molar refractivity (Wildman–Crippen MR) is 89.5 cm³/mol. The second kappa shape index (κ2) is 8.80. The average Bonchev–Trinajstić information content (AvgIpc) is 2.98. The monoisotopic (exact) mass is 325 g/mol. The Labute approximate surface area is 136 Å². The van der Waals surface area contributed by atoms with Crippen LogP contribution < -0.4 is 15.8 Å². The number of likely N-dealkylation sites (N-methyl/N-ethyl adjacent to an activating group) is 1. The number of aliphatic imine (C=N–C) groups is 1. The summed E-state index contributed by atoms with van der Waals surface area (Å²) in [6, 6.07) is 4.03. The fraction of sp³-hybridized carbons (Fsp3) is 0.600. The third kappa shape index (κ3) is 5.03. The summed E-state index contributed by atoms with van der Waals surface area (Å²) in [6.07, 6.45) is 4.09. The Hall–Kier alpha value is -1.53. The Kier molecular flexibility index (Phi) is 6.74. The molecule has 0 aliphatic carbocycles. The number of hydrogen-bond acceptors (Lipinski definition) is 4. The van der Waals surface area contributed by atoms with Crippen LogP contribution in [0.4, 0.5) is 0 Å². The Bertz CT molecular complexity index is 497. The molecule has 1 fully saturated rings. The molecular weight excluding hydrogens is 302 g/mol. The highest BCUT2D eigenvalue weighted by Gasteiger charge is 2.22. The number of hydrogen-bond donors (Lipinski definition) is 2. The molecule has 2 heterocycles. The highest BCUT2D eigenvalue weighted by molar-refractivity contribution is 6.31. The van der Waals surface area contributed by atoms with Crippen LogP contribution in [-0.2, 0) is 0 Å². The quantitative estimate of drug-likeness (QED) is 0.451. The Morgan fingerprint density at radius 1 is 1.64 bits per heavy atom. The molecule has 1 aromatic rings. The van der Waals surface area contributed by atoms with Crippen molar-refractivity contribution < 1.29 is 4.74 Å². The molecule has 7 heteroatoms. The highest BCUT2D eigenvalue weighted by atomic mass is 35.5. The van der Waals surface area contributed by atoms with Crippen LogP contribution in [0.3, 0.4) is 0 Å². The zero-order chi connectivity index (χ0) is 15.8. The topological polar surface area (TPSA) is 75.8 Å². The molecule has 1 unspecified atom stereocenters. The summed E-state index contributed by atoms with van der Waals surface area (Å²) in [5.74, 6) is 0.893. The Morgan fingerprint density at radius 3 is 3.27 bits per heavy atom. The van der Waals surface area contributed by atoms with Crippen molar-refractivity contribution in [3.63, 3.8) is 0 Å². The lowest BCUT2D eigenvalue weighted by atomic mass is 10.2. The number of nitrogens with zero attached hydrogens (tertiary/aromatic N) is 3. The number of aromatic nitrogens is 1. The van der Waals surface area contributed by atoms with Gasteiger partial charge in [-0.2, -0.15) is 0 Å². The molecule has 0 radical (unpaired) electrons. The van der Waals surface area contributed by atoms with E-state index in [2.05, 4.69) is 27.1 Å². The van der Waals surface area contributed by atoms with E-state index in [9.17, 15) is 0 Å². The van der Waals surface area contributed by atoms with E-state index in [1.807, 2.05) is 0 Å². The summed E-state index contributed by atoms with van der Waals surface area (Å²) in [5, 5.41) is 3.55. The summed E-state index contributed by atoms with van der Waals surface area (Å²) < 4.78 is 5.48. The van der Waals surface area contributed by atoms with Crippen molar-refractivity contribution in [2.24, 2.45) is 10.7 Å². The van der Waals surface area contributed by atoms with Gasteiger partial charge in [0.15, 0.2) is 5.96 Å². The zero-order valence-corrected chi connectivity index (χ0v) is 13.7. The van der Waals surface area contributed by atoms with Crippen LogP contribution in [0.15, 0.2) is 23.3 Å². The summed E-state index contributed by atoms with van der Waals surface area (Å²) >= 11 is 5.95. The number of nitrogens with one attached hydrogen (secondary N) is 1. The van der Waals surface area contributed by atoms with Crippen molar-refractivity contribution >= 4 is 17.6 Å². The van der Waals surface area contributed by atoms with Gasteiger partial charge in [0.1, 0.15) is 11.6 Å². The van der Waals surface area contributed by atoms with E-state index in [-0.39, 0.29) is 0 Å². The second-order valence-electron chi connectivity index (χ2n) is 5.22. The first kappa shape index (κ1) is 16.8. The normalized spacial score (nSPS) is 19.4. The number of halogens is 1. The van der Waals surface area contributed by atoms with Gasteiger partial charge in [-0.25, -0.2) is 4.98 Å². The van der Waals surface area contributed by atoms with E-state index in [1.165, 1.54) is 19.4 Å². The fourth-order valence-electron chi connectivity index (χ4n) is 2.58. The summed E-state index contributed by atoms with van der Waals surface area (Å²) in [5.41, 5.74) is 5.87. The first-order valence-corrected chi connectivity index (χ1v) is 8.09. The van der Waals surface area contributed by atoms with Crippen LogP contribution >= 0.6 is 11.6 Å². The largest absolute Gasteiger partial charge is 0.475 e. The maximum Gasteiger partial charge on any atom is 0.232 e. The molecule has 1 aliphatic rings. The van der Waals surface area contributed by atoms with Gasteiger partial charge in [0, 0.05) is 12.2 Å². The minimum Gasteiger partial charge on any atom is -0.475 e. The number of rotatable bonds is 7. The molecule has 1 atom stereocenters. The zero-order valence-electron chi connectivity index (χ0n) is 13.0. The number of likely N-dealkylation sites (tertiary alicyclic amines) is 1. The molecule has 0 amide bonds. The van der Waals surface area contributed by atoms with Gasteiger partial charge < -0.3 is 15.8 Å². The van der Waals surface area contributed by atoms with Crippen molar-refractivity contribution in [1.29, 1.82) is 0 Å². The van der Waals surface area contributed by atoms with E-state index >= 15 is 0 Å². The molecule has 1 aromatic heterocycles. The molecule has 0 aromatic carbocycles. The van der Waals surface area contributed by atoms with Gasteiger partial charge in [-0.15, -0.1) is 0 Å². The first-order chi connectivity index (χ1) is 10.7. The number of nitrogens with two attached hydrogens (primary N) is 1. The van der Waals surface area contributed by atoms with Gasteiger partial charge in [-0.05, 0) is 38.1 Å². The lowest BCUT2D eigenvalue weighted by Crippen LogP contribution is -2.37. The van der Waals surface area contributed by atoms with E-state index in [0.29, 0.717) is 36.1 Å². The van der Waals surface area contributed by atoms with Crippen LogP contribution in [-0.4, -0.2) is 54.7 Å². The lowest BCUT2D eigenvalue weighted by Gasteiger charge is -2.20. The summed E-state index contributed by atoms with van der Waals surface area (Å²) in [6.45, 7) is 6.17. The maximum atomic E-state index is 5.95. The maximum absolute atomic E-state index is 5.95. The van der Waals surface area contributed by atoms with Crippen molar-refractivity contribution in [2.75, 3.05) is 32.8 Å². The fourth-order valence-corrected chi connectivity index (χ4v) is 2.76. The molecule has 122 valence electrons. The standard InChI is InChI=1S/C15H24ClN5O/c1-2-21-9-4-5-12(21)11-20-15(17)19-8-10-22-14-13(16)6-3-7-18-14/h3,6-7,12H,2,4-5,8-11H2,1H3,(H3,17,19,20). The molecule has 0 saturated carbocycles. The third-order valence-corrected chi connectivity index (χ3v) is 4.04. The van der Waals surface area contributed by atoms with Gasteiger partial charge in [-0.1, -0.05) is 18.5 Å². The van der Waals surface area contributed by atoms with E-state index < -0.39 is 0 Å². The molecule has 1 saturated heterocycles. The minimum absolute atomic E-state index is 0.428. The molecule has 6 nitrogen and oxygen atoms in total.